The summed E-state index contributed by atoms with van der Waals surface area (Å²) in [5, 5.41) is 4.34. The van der Waals surface area contributed by atoms with Gasteiger partial charge in [0.1, 0.15) is 23.7 Å². The van der Waals surface area contributed by atoms with E-state index in [-0.39, 0.29) is 5.91 Å². The summed E-state index contributed by atoms with van der Waals surface area (Å²) >= 11 is 0. The van der Waals surface area contributed by atoms with Crippen LogP contribution in [0.2, 0.25) is 0 Å². The van der Waals surface area contributed by atoms with Crippen molar-refractivity contribution in [2.24, 2.45) is 0 Å². The zero-order chi connectivity index (χ0) is 18.6. The van der Waals surface area contributed by atoms with E-state index in [1.165, 1.54) is 0 Å². The average molecular weight is 357 g/mol. The molecule has 0 spiro atoms. The Kier molecular flexibility index (Phi) is 5.61. The van der Waals surface area contributed by atoms with Gasteiger partial charge < -0.3 is 14.4 Å². The summed E-state index contributed by atoms with van der Waals surface area (Å²) < 4.78 is 13.6. The quantitative estimate of drug-likeness (QED) is 0.798. The molecule has 3 rings (SSSR count). The Hall–Kier alpha value is -2.34. The Labute approximate surface area is 154 Å². The van der Waals surface area contributed by atoms with Gasteiger partial charge in [0.2, 0.25) is 0 Å². The van der Waals surface area contributed by atoms with Crippen LogP contribution in [0.4, 0.5) is 0 Å². The van der Waals surface area contributed by atoms with E-state index in [1.54, 1.807) is 17.9 Å². The Morgan fingerprint density at radius 3 is 2.81 bits per heavy atom. The first kappa shape index (κ1) is 18.5. The Morgan fingerprint density at radius 1 is 1.31 bits per heavy atom. The topological polar surface area (TPSA) is 56.6 Å². The number of carbonyl (C=O) groups is 1. The number of aryl methyl sites for hydroxylation is 2. The van der Waals surface area contributed by atoms with E-state index in [0.717, 1.165) is 30.7 Å². The molecule has 0 N–H and O–H groups in total. The van der Waals surface area contributed by atoms with Crippen molar-refractivity contribution in [3.8, 4) is 5.75 Å². The zero-order valence-electron chi connectivity index (χ0n) is 15.8. The molecular weight excluding hydrogens is 330 g/mol. The molecule has 0 saturated carbocycles. The van der Waals surface area contributed by atoms with E-state index < -0.39 is 5.60 Å². The summed E-state index contributed by atoms with van der Waals surface area (Å²) in [4.78, 5) is 14.6. The van der Waals surface area contributed by atoms with Crippen molar-refractivity contribution < 1.29 is 14.3 Å². The van der Waals surface area contributed by atoms with E-state index >= 15 is 0 Å². The van der Waals surface area contributed by atoms with E-state index in [0.29, 0.717) is 25.4 Å². The molecule has 1 atom stereocenters. The normalized spacial score (nSPS) is 20.2. The van der Waals surface area contributed by atoms with Crippen molar-refractivity contribution in [2.75, 3.05) is 26.8 Å². The number of methoxy groups -OCH3 is 1. The average Bonchev–Trinajstić information content (AvgIpc) is 3.16. The number of nitrogens with zero attached hydrogens (tertiary/aromatic N) is 3. The smallest absolute Gasteiger partial charge is 0.274 e. The number of likely N-dealkylation sites (tertiary alicyclic amines) is 1. The number of hydrogen-bond acceptors (Lipinski definition) is 4. The van der Waals surface area contributed by atoms with Gasteiger partial charge in [0.25, 0.3) is 5.91 Å². The molecule has 2 aromatic rings. The molecule has 1 aromatic heterocycles. The highest BCUT2D eigenvalue weighted by Crippen LogP contribution is 2.28. The first-order valence-electron chi connectivity index (χ1n) is 9.13. The van der Waals surface area contributed by atoms with Crippen molar-refractivity contribution in [3.63, 3.8) is 0 Å². The molecule has 0 radical (unpaired) electrons. The van der Waals surface area contributed by atoms with Crippen LogP contribution >= 0.6 is 0 Å². The van der Waals surface area contributed by atoms with Gasteiger partial charge in [-0.05, 0) is 44.4 Å². The molecular formula is C20H27N3O3. The lowest BCUT2D eigenvalue weighted by Crippen LogP contribution is -2.54. The first-order chi connectivity index (χ1) is 12.6. The monoisotopic (exact) mass is 357 g/mol. The predicted molar refractivity (Wildman–Crippen MR) is 99.5 cm³/mol. The van der Waals surface area contributed by atoms with E-state index in [4.69, 9.17) is 9.47 Å². The predicted octanol–water partition coefficient (Wildman–Crippen LogP) is 2.91. The summed E-state index contributed by atoms with van der Waals surface area (Å²) in [5.74, 6) is 0.809. The van der Waals surface area contributed by atoms with Crippen LogP contribution in [0.25, 0.3) is 0 Å². The molecule has 0 aliphatic carbocycles. The molecule has 1 amide bonds. The molecule has 0 unspecified atom stereocenters. The Balaban J connectivity index is 1.69. The maximum Gasteiger partial charge on any atom is 0.274 e. The molecule has 6 heteroatoms. The Morgan fingerprint density at radius 2 is 2.12 bits per heavy atom. The van der Waals surface area contributed by atoms with Crippen LogP contribution in [0.3, 0.4) is 0 Å². The van der Waals surface area contributed by atoms with Crippen molar-refractivity contribution in [2.45, 2.75) is 38.8 Å². The van der Waals surface area contributed by atoms with Crippen molar-refractivity contribution >= 4 is 5.91 Å². The maximum absolute atomic E-state index is 12.8. The summed E-state index contributed by atoms with van der Waals surface area (Å²) in [6, 6.07) is 9.71. The summed E-state index contributed by atoms with van der Waals surface area (Å²) in [6.45, 7) is 6.41. The van der Waals surface area contributed by atoms with Crippen LogP contribution in [0, 0.1) is 6.92 Å². The van der Waals surface area contributed by atoms with Gasteiger partial charge in [-0.3, -0.25) is 9.48 Å². The number of para-hydroxylation sites is 1. The number of carbonyl (C=O) groups excluding carboxylic acids is 1. The molecule has 1 saturated heterocycles. The number of benzene rings is 1. The molecule has 1 fully saturated rings. The lowest BCUT2D eigenvalue weighted by molar-refractivity contribution is -0.0826. The van der Waals surface area contributed by atoms with Crippen molar-refractivity contribution in [1.82, 2.24) is 14.7 Å². The van der Waals surface area contributed by atoms with Crippen molar-refractivity contribution in [1.29, 1.82) is 0 Å². The molecule has 26 heavy (non-hydrogen) atoms. The van der Waals surface area contributed by atoms with E-state index in [1.807, 2.05) is 49.2 Å². The third kappa shape index (κ3) is 3.90. The van der Waals surface area contributed by atoms with Gasteiger partial charge >= 0.3 is 0 Å². The van der Waals surface area contributed by atoms with Crippen LogP contribution in [0.15, 0.2) is 36.5 Å². The fraction of sp³-hybridized carbons (Fsp3) is 0.500. The second-order valence-corrected chi connectivity index (χ2v) is 6.83. The minimum absolute atomic E-state index is 0.0470. The van der Waals surface area contributed by atoms with Gasteiger partial charge in [-0.1, -0.05) is 18.2 Å². The van der Waals surface area contributed by atoms with Crippen LogP contribution in [-0.2, 0) is 11.3 Å². The van der Waals surface area contributed by atoms with Gasteiger partial charge in [0.15, 0.2) is 0 Å². The maximum atomic E-state index is 12.8. The fourth-order valence-electron chi connectivity index (χ4n) is 3.36. The zero-order valence-corrected chi connectivity index (χ0v) is 15.8. The SMILES string of the molecule is CCn1ccc(C(=O)N2CCC[C@@](COc3ccccc3C)(OC)C2)n1. The highest BCUT2D eigenvalue weighted by atomic mass is 16.5. The standard InChI is InChI=1S/C20H27N3O3/c1-4-23-13-10-17(21-23)19(24)22-12-7-11-20(14-22,25-3)15-26-18-9-6-5-8-16(18)2/h5-6,8-10,13H,4,7,11-12,14-15H2,1-3H3/t20-/m1/s1. The number of rotatable bonds is 6. The lowest BCUT2D eigenvalue weighted by atomic mass is 9.93. The molecule has 0 bridgehead atoms. The number of aromatic nitrogens is 2. The van der Waals surface area contributed by atoms with Gasteiger partial charge in [-0.2, -0.15) is 5.10 Å². The van der Waals surface area contributed by atoms with Crippen LogP contribution in [0.1, 0.15) is 35.8 Å². The first-order valence-corrected chi connectivity index (χ1v) is 9.13. The third-order valence-electron chi connectivity index (χ3n) is 5.03. The van der Waals surface area contributed by atoms with Crippen molar-refractivity contribution in [3.05, 3.63) is 47.8 Å². The summed E-state index contributed by atoms with van der Waals surface area (Å²) in [7, 11) is 1.70. The molecule has 1 aliphatic rings. The number of ether oxygens (including phenoxy) is 2. The second-order valence-electron chi connectivity index (χ2n) is 6.83. The van der Waals surface area contributed by atoms with Gasteiger partial charge in [0.05, 0.1) is 6.54 Å². The van der Waals surface area contributed by atoms with Crippen LogP contribution in [-0.4, -0.2) is 53.0 Å². The number of piperidine rings is 1. The van der Waals surface area contributed by atoms with Gasteiger partial charge in [0, 0.05) is 26.4 Å². The molecule has 140 valence electrons. The highest BCUT2D eigenvalue weighted by Gasteiger charge is 2.39. The number of hydrogen-bond donors (Lipinski definition) is 0. The minimum atomic E-state index is -0.497. The highest BCUT2D eigenvalue weighted by molar-refractivity contribution is 5.92. The van der Waals surface area contributed by atoms with Gasteiger partial charge in [-0.25, -0.2) is 0 Å². The van der Waals surface area contributed by atoms with Gasteiger partial charge in [-0.15, -0.1) is 0 Å². The van der Waals surface area contributed by atoms with Crippen LogP contribution < -0.4 is 4.74 Å². The molecule has 1 aliphatic heterocycles. The van der Waals surface area contributed by atoms with E-state index in [2.05, 4.69) is 5.10 Å². The molecule has 2 heterocycles. The largest absolute Gasteiger partial charge is 0.490 e. The minimum Gasteiger partial charge on any atom is -0.490 e. The number of amides is 1. The molecule has 6 nitrogen and oxygen atoms in total. The second kappa shape index (κ2) is 7.91. The third-order valence-corrected chi connectivity index (χ3v) is 5.03. The van der Waals surface area contributed by atoms with Crippen LogP contribution in [0.5, 0.6) is 5.75 Å². The summed E-state index contributed by atoms with van der Waals surface area (Å²) in [6.07, 6.45) is 3.58. The lowest BCUT2D eigenvalue weighted by Gasteiger charge is -2.41. The molecule has 1 aromatic carbocycles. The summed E-state index contributed by atoms with van der Waals surface area (Å²) in [5.41, 5.74) is 1.08. The Bertz CT molecular complexity index is 758. The fourth-order valence-corrected chi connectivity index (χ4v) is 3.36. The van der Waals surface area contributed by atoms with E-state index in [9.17, 15) is 4.79 Å².